The first-order valence-corrected chi connectivity index (χ1v) is 5.67. The van der Waals surface area contributed by atoms with Gasteiger partial charge in [-0.2, -0.15) is 13.2 Å². The Morgan fingerprint density at radius 2 is 1.88 bits per heavy atom. The molecule has 17 heavy (non-hydrogen) atoms. The van der Waals surface area contributed by atoms with Crippen LogP contribution in [0.25, 0.3) is 0 Å². The molecule has 0 aliphatic rings. The molecule has 1 atom stereocenters. The van der Waals surface area contributed by atoms with Crippen LogP contribution >= 0.6 is 22.6 Å². The van der Waals surface area contributed by atoms with E-state index in [1.54, 1.807) is 24.3 Å². The standard InChI is InChI=1S/C10H9F3INO2/c11-10(12,13)8(9(16)17)5-15-7-3-1-6(14)2-4-7/h1-4,8,15H,5H2,(H,16,17). The molecule has 0 bridgehead atoms. The maximum Gasteiger partial charge on any atom is 0.403 e. The molecule has 0 spiro atoms. The first kappa shape index (κ1) is 14.1. The Morgan fingerprint density at radius 1 is 1.35 bits per heavy atom. The second-order valence-corrected chi connectivity index (χ2v) is 4.57. The van der Waals surface area contributed by atoms with Gasteiger partial charge in [-0.1, -0.05) is 0 Å². The van der Waals surface area contributed by atoms with Crippen LogP contribution in [0.5, 0.6) is 0 Å². The van der Waals surface area contributed by atoms with Crippen molar-refractivity contribution >= 4 is 34.2 Å². The van der Waals surface area contributed by atoms with Gasteiger partial charge in [-0.15, -0.1) is 0 Å². The number of nitrogens with one attached hydrogen (secondary N) is 1. The lowest BCUT2D eigenvalue weighted by atomic mass is 10.1. The third-order valence-electron chi connectivity index (χ3n) is 2.05. The van der Waals surface area contributed by atoms with Gasteiger partial charge in [0.25, 0.3) is 0 Å². The summed E-state index contributed by atoms with van der Waals surface area (Å²) in [6.45, 7) is -0.681. The molecule has 0 saturated heterocycles. The van der Waals surface area contributed by atoms with Crippen molar-refractivity contribution in [2.75, 3.05) is 11.9 Å². The molecule has 0 aliphatic heterocycles. The quantitative estimate of drug-likeness (QED) is 0.813. The summed E-state index contributed by atoms with van der Waals surface area (Å²) in [6, 6.07) is 6.62. The molecule has 0 aromatic heterocycles. The molecule has 94 valence electrons. The highest BCUT2D eigenvalue weighted by Crippen LogP contribution is 2.26. The van der Waals surface area contributed by atoms with Crippen molar-refractivity contribution < 1.29 is 23.1 Å². The Balaban J connectivity index is 2.65. The van der Waals surface area contributed by atoms with Crippen molar-refractivity contribution in [3.63, 3.8) is 0 Å². The molecular formula is C10H9F3INO2. The van der Waals surface area contributed by atoms with E-state index in [0.29, 0.717) is 5.69 Å². The Bertz CT molecular complexity index is 392. The van der Waals surface area contributed by atoms with Gasteiger partial charge in [0.1, 0.15) is 0 Å². The van der Waals surface area contributed by atoms with Crippen molar-refractivity contribution in [3.05, 3.63) is 27.8 Å². The lowest BCUT2D eigenvalue weighted by Gasteiger charge is -2.17. The van der Waals surface area contributed by atoms with Crippen LogP contribution in [-0.2, 0) is 4.79 Å². The van der Waals surface area contributed by atoms with Gasteiger partial charge in [-0.3, -0.25) is 4.79 Å². The van der Waals surface area contributed by atoms with Crippen molar-refractivity contribution in [2.24, 2.45) is 5.92 Å². The monoisotopic (exact) mass is 359 g/mol. The molecule has 3 nitrogen and oxygen atoms in total. The molecule has 1 aromatic carbocycles. The third-order valence-corrected chi connectivity index (χ3v) is 2.77. The molecule has 1 rings (SSSR count). The summed E-state index contributed by atoms with van der Waals surface area (Å²) in [5.41, 5.74) is 0.459. The summed E-state index contributed by atoms with van der Waals surface area (Å²) >= 11 is 2.06. The lowest BCUT2D eigenvalue weighted by Crippen LogP contribution is -2.36. The van der Waals surface area contributed by atoms with Crippen molar-refractivity contribution in [1.29, 1.82) is 0 Å². The van der Waals surface area contributed by atoms with E-state index in [1.165, 1.54) is 0 Å². The molecule has 0 aliphatic carbocycles. The van der Waals surface area contributed by atoms with Crippen molar-refractivity contribution in [3.8, 4) is 0 Å². The summed E-state index contributed by atoms with van der Waals surface area (Å²) in [6.07, 6.45) is -4.75. The minimum absolute atomic E-state index is 0.459. The number of anilines is 1. The number of rotatable bonds is 4. The first-order chi connectivity index (χ1) is 7.80. The zero-order valence-corrected chi connectivity index (χ0v) is 10.6. The summed E-state index contributed by atoms with van der Waals surface area (Å²) in [4.78, 5) is 10.5. The average Bonchev–Trinajstić information content (AvgIpc) is 2.18. The van der Waals surface area contributed by atoms with E-state index < -0.39 is 24.6 Å². The number of hydrogen-bond donors (Lipinski definition) is 2. The molecule has 7 heteroatoms. The fourth-order valence-electron chi connectivity index (χ4n) is 1.13. The molecule has 0 radical (unpaired) electrons. The number of benzene rings is 1. The number of carboxylic acid groups (broad SMARTS) is 1. The minimum atomic E-state index is -4.75. The average molecular weight is 359 g/mol. The maximum atomic E-state index is 12.3. The highest BCUT2D eigenvalue weighted by Gasteiger charge is 2.44. The highest BCUT2D eigenvalue weighted by molar-refractivity contribution is 14.1. The number of hydrogen-bond acceptors (Lipinski definition) is 2. The second kappa shape index (κ2) is 5.56. The molecule has 1 aromatic rings. The summed E-state index contributed by atoms with van der Waals surface area (Å²) in [5.74, 6) is -4.28. The molecule has 1 unspecified atom stereocenters. The van der Waals surface area contributed by atoms with Crippen LogP contribution in [0.1, 0.15) is 0 Å². The van der Waals surface area contributed by atoms with E-state index >= 15 is 0 Å². The van der Waals surface area contributed by atoms with E-state index in [0.717, 1.165) is 3.57 Å². The van der Waals surface area contributed by atoms with Gasteiger partial charge in [0.2, 0.25) is 0 Å². The number of aliphatic carboxylic acids is 1. The molecule has 2 N–H and O–H groups in total. The highest BCUT2D eigenvalue weighted by atomic mass is 127. The molecule has 0 heterocycles. The Labute approximate surface area is 109 Å². The van der Waals surface area contributed by atoms with Gasteiger partial charge in [-0.05, 0) is 46.9 Å². The fourth-order valence-corrected chi connectivity index (χ4v) is 1.49. The Hall–Kier alpha value is -0.990. The van der Waals surface area contributed by atoms with Crippen LogP contribution in [0.4, 0.5) is 18.9 Å². The SMILES string of the molecule is O=C(O)C(CNc1ccc(I)cc1)C(F)(F)F. The van der Waals surface area contributed by atoms with Crippen LogP contribution in [0, 0.1) is 9.49 Å². The van der Waals surface area contributed by atoms with Crippen LogP contribution in [0.15, 0.2) is 24.3 Å². The molecule has 0 amide bonds. The van der Waals surface area contributed by atoms with Gasteiger partial charge < -0.3 is 10.4 Å². The smallest absolute Gasteiger partial charge is 0.403 e. The zero-order valence-electron chi connectivity index (χ0n) is 8.46. The normalized spacial score (nSPS) is 13.2. The summed E-state index contributed by atoms with van der Waals surface area (Å²) in [5, 5.41) is 10.9. The van der Waals surface area contributed by atoms with E-state index in [2.05, 4.69) is 27.9 Å². The summed E-state index contributed by atoms with van der Waals surface area (Å²) in [7, 11) is 0. The van der Waals surface area contributed by atoms with Gasteiger partial charge >= 0.3 is 12.1 Å². The fraction of sp³-hybridized carbons (Fsp3) is 0.300. The van der Waals surface area contributed by atoms with Crippen LogP contribution in [-0.4, -0.2) is 23.8 Å². The van der Waals surface area contributed by atoms with Gasteiger partial charge in [0, 0.05) is 15.8 Å². The number of halogens is 4. The van der Waals surface area contributed by atoms with Gasteiger partial charge in [0.15, 0.2) is 5.92 Å². The van der Waals surface area contributed by atoms with E-state index in [1.807, 2.05) is 0 Å². The zero-order chi connectivity index (χ0) is 13.1. The molecule has 0 saturated carbocycles. The lowest BCUT2D eigenvalue weighted by molar-refractivity contribution is -0.190. The maximum absolute atomic E-state index is 12.3. The van der Waals surface area contributed by atoms with Gasteiger partial charge in [-0.25, -0.2) is 0 Å². The molecular weight excluding hydrogens is 350 g/mol. The van der Waals surface area contributed by atoms with Gasteiger partial charge in [0.05, 0.1) is 0 Å². The van der Waals surface area contributed by atoms with Crippen molar-refractivity contribution in [2.45, 2.75) is 6.18 Å². The third kappa shape index (κ3) is 4.41. The van der Waals surface area contributed by atoms with Crippen LogP contribution < -0.4 is 5.32 Å². The van der Waals surface area contributed by atoms with Crippen molar-refractivity contribution in [1.82, 2.24) is 0 Å². The summed E-state index contributed by atoms with van der Waals surface area (Å²) < 4.78 is 37.9. The van der Waals surface area contributed by atoms with E-state index in [9.17, 15) is 18.0 Å². The second-order valence-electron chi connectivity index (χ2n) is 3.32. The van der Waals surface area contributed by atoms with E-state index in [4.69, 9.17) is 5.11 Å². The topological polar surface area (TPSA) is 49.3 Å². The number of carbonyl (C=O) groups is 1. The van der Waals surface area contributed by atoms with Crippen LogP contribution in [0.3, 0.4) is 0 Å². The Kier molecular flexibility index (Phi) is 4.61. The number of alkyl halides is 3. The largest absolute Gasteiger partial charge is 0.481 e. The minimum Gasteiger partial charge on any atom is -0.481 e. The number of carboxylic acids is 1. The first-order valence-electron chi connectivity index (χ1n) is 4.59. The van der Waals surface area contributed by atoms with Crippen LogP contribution in [0.2, 0.25) is 0 Å². The van der Waals surface area contributed by atoms with E-state index in [-0.39, 0.29) is 0 Å². The predicted molar refractivity (Wildman–Crippen MR) is 64.8 cm³/mol. The molecule has 0 fully saturated rings. The predicted octanol–water partition coefficient (Wildman–Crippen LogP) is 2.97. The Morgan fingerprint density at radius 3 is 2.29 bits per heavy atom.